The van der Waals surface area contributed by atoms with E-state index in [1.54, 1.807) is 18.7 Å². The van der Waals surface area contributed by atoms with Crippen LogP contribution < -0.4 is 0 Å². The molecule has 0 spiro atoms. The first kappa shape index (κ1) is 16.3. The first-order valence-corrected chi connectivity index (χ1v) is 8.71. The summed E-state index contributed by atoms with van der Waals surface area (Å²) in [6.07, 6.45) is 0.788. The van der Waals surface area contributed by atoms with E-state index in [9.17, 15) is 10.1 Å². The zero-order valence-electron chi connectivity index (χ0n) is 13.6. The van der Waals surface area contributed by atoms with E-state index in [0.717, 1.165) is 34.2 Å². The summed E-state index contributed by atoms with van der Waals surface area (Å²) in [5.41, 5.74) is 2.32. The Balaban J connectivity index is 2.17. The van der Waals surface area contributed by atoms with Gasteiger partial charge in [0.1, 0.15) is 11.9 Å². The van der Waals surface area contributed by atoms with Crippen LogP contribution in [0.25, 0.3) is 0 Å². The Morgan fingerprint density at radius 3 is 2.83 bits per heavy atom. The third kappa shape index (κ3) is 2.83. The van der Waals surface area contributed by atoms with E-state index in [1.807, 2.05) is 48.3 Å². The molecule has 0 unspecified atom stereocenters. The zero-order chi connectivity index (χ0) is 17.1. The van der Waals surface area contributed by atoms with Gasteiger partial charge in [-0.3, -0.25) is 0 Å². The third-order valence-electron chi connectivity index (χ3n) is 3.84. The maximum absolute atomic E-state index is 12.2. The average molecular weight is 339 g/mol. The van der Waals surface area contributed by atoms with Crippen LogP contribution in [0.2, 0.25) is 0 Å². The number of hydrogen-bond donors (Lipinski definition) is 0. The topological polar surface area (TPSA) is 65.7 Å². The van der Waals surface area contributed by atoms with E-state index in [-0.39, 0.29) is 12.2 Å². The molecule has 24 heavy (non-hydrogen) atoms. The largest absolute Gasteiger partial charge is 0.462 e. The molecule has 2 aliphatic heterocycles. The minimum absolute atomic E-state index is 0.0200. The fourth-order valence-corrected chi connectivity index (χ4v) is 3.91. The van der Waals surface area contributed by atoms with Gasteiger partial charge in [-0.1, -0.05) is 30.3 Å². The van der Waals surface area contributed by atoms with E-state index in [1.165, 1.54) is 0 Å². The van der Waals surface area contributed by atoms with Gasteiger partial charge in [-0.05, 0) is 13.3 Å². The summed E-state index contributed by atoms with van der Waals surface area (Å²) >= 11 is 1.72. The molecule has 6 heteroatoms. The number of carbonyl (C=O) groups is 1. The van der Waals surface area contributed by atoms with Gasteiger partial charge in [0.15, 0.2) is 5.57 Å². The molecule has 0 N–H and O–H groups in total. The molecule has 3 rings (SSSR count). The van der Waals surface area contributed by atoms with Crippen molar-refractivity contribution in [2.75, 3.05) is 19.4 Å². The Morgan fingerprint density at radius 1 is 1.42 bits per heavy atom. The second-order valence-corrected chi connectivity index (χ2v) is 6.38. The fourth-order valence-electron chi connectivity index (χ4n) is 2.76. The standard InChI is InChI=1S/C18H17N3O2S/c1-3-23-18(22)14(11-19)15-13-9-10-24-17(13)21(2)16(20-15)12-7-5-4-6-8-12/h4-8H,3,9-10H2,1-2H3/b15-14+. The van der Waals surface area contributed by atoms with E-state index in [4.69, 9.17) is 4.74 Å². The highest BCUT2D eigenvalue weighted by Gasteiger charge is 2.32. The minimum Gasteiger partial charge on any atom is -0.462 e. The molecular weight excluding hydrogens is 322 g/mol. The summed E-state index contributed by atoms with van der Waals surface area (Å²) in [6.45, 7) is 1.95. The summed E-state index contributed by atoms with van der Waals surface area (Å²) in [4.78, 5) is 18.9. The number of benzene rings is 1. The monoisotopic (exact) mass is 339 g/mol. The van der Waals surface area contributed by atoms with Gasteiger partial charge >= 0.3 is 5.97 Å². The van der Waals surface area contributed by atoms with Crippen LogP contribution in [0.3, 0.4) is 0 Å². The second-order valence-electron chi connectivity index (χ2n) is 5.30. The number of esters is 1. The molecule has 2 aliphatic rings. The smallest absolute Gasteiger partial charge is 0.351 e. The molecule has 0 atom stereocenters. The number of nitrogens with zero attached hydrogens (tertiary/aromatic N) is 3. The Morgan fingerprint density at radius 2 is 2.17 bits per heavy atom. The van der Waals surface area contributed by atoms with Crippen molar-refractivity contribution in [1.82, 2.24) is 4.90 Å². The van der Waals surface area contributed by atoms with E-state index >= 15 is 0 Å². The highest BCUT2D eigenvalue weighted by Crippen LogP contribution is 2.42. The van der Waals surface area contributed by atoms with Crippen molar-refractivity contribution in [2.24, 2.45) is 4.99 Å². The number of carbonyl (C=O) groups excluding carboxylic acids is 1. The van der Waals surface area contributed by atoms with Gasteiger partial charge < -0.3 is 9.64 Å². The normalized spacial score (nSPS) is 18.7. The fraction of sp³-hybridized carbons (Fsp3) is 0.278. The maximum Gasteiger partial charge on any atom is 0.351 e. The van der Waals surface area contributed by atoms with E-state index < -0.39 is 5.97 Å². The molecule has 0 amide bonds. The molecule has 5 nitrogen and oxygen atoms in total. The number of allylic oxidation sites excluding steroid dienone is 1. The molecule has 0 fully saturated rings. The average Bonchev–Trinajstić information content (AvgIpc) is 3.09. The molecule has 0 saturated carbocycles. The summed E-state index contributed by atoms with van der Waals surface area (Å²) < 4.78 is 5.03. The molecular formula is C18H17N3O2S. The molecule has 2 heterocycles. The van der Waals surface area contributed by atoms with Gasteiger partial charge in [-0.25, -0.2) is 9.79 Å². The lowest BCUT2D eigenvalue weighted by Crippen LogP contribution is -2.30. The van der Waals surface area contributed by atoms with Crippen molar-refractivity contribution < 1.29 is 9.53 Å². The number of hydrogen-bond acceptors (Lipinski definition) is 6. The Kier molecular flexibility index (Phi) is 4.72. The number of rotatable bonds is 3. The van der Waals surface area contributed by atoms with Crippen molar-refractivity contribution in [2.45, 2.75) is 13.3 Å². The number of thioether (sulfide) groups is 1. The predicted molar refractivity (Wildman–Crippen MR) is 94.1 cm³/mol. The third-order valence-corrected chi connectivity index (χ3v) is 5.04. The van der Waals surface area contributed by atoms with Crippen molar-refractivity contribution in [1.29, 1.82) is 5.26 Å². The van der Waals surface area contributed by atoms with Crippen LogP contribution in [-0.2, 0) is 9.53 Å². The SMILES string of the molecule is CCOC(=O)/C(C#N)=C1/N=C(c2ccccc2)N(C)C2=C1CCS2. The first-order chi connectivity index (χ1) is 11.7. The Labute approximate surface area is 145 Å². The van der Waals surface area contributed by atoms with Crippen molar-refractivity contribution in [3.63, 3.8) is 0 Å². The number of nitriles is 1. The van der Waals surface area contributed by atoms with Gasteiger partial charge in [-0.15, -0.1) is 11.8 Å². The Bertz CT molecular complexity index is 803. The van der Waals surface area contributed by atoms with Gasteiger partial charge in [0.05, 0.1) is 17.3 Å². The van der Waals surface area contributed by atoms with Crippen LogP contribution in [0, 0.1) is 11.3 Å². The molecule has 0 aromatic heterocycles. The van der Waals surface area contributed by atoms with Crippen LogP contribution >= 0.6 is 11.8 Å². The summed E-state index contributed by atoms with van der Waals surface area (Å²) in [5.74, 6) is 1.03. The first-order valence-electron chi connectivity index (χ1n) is 7.73. The second kappa shape index (κ2) is 6.93. The number of ether oxygens (including phenoxy) is 1. The maximum atomic E-state index is 12.2. The number of aliphatic imine (C=N–C) groups is 1. The Hall–Kier alpha value is -2.52. The molecule has 0 aliphatic carbocycles. The van der Waals surface area contributed by atoms with Crippen molar-refractivity contribution in [3.05, 3.63) is 57.8 Å². The van der Waals surface area contributed by atoms with Gasteiger partial charge in [-0.2, -0.15) is 5.26 Å². The number of amidine groups is 1. The zero-order valence-corrected chi connectivity index (χ0v) is 14.4. The van der Waals surface area contributed by atoms with Crippen molar-refractivity contribution >= 4 is 23.6 Å². The van der Waals surface area contributed by atoms with Gasteiger partial charge in [0.25, 0.3) is 0 Å². The van der Waals surface area contributed by atoms with Crippen LogP contribution in [0.1, 0.15) is 18.9 Å². The van der Waals surface area contributed by atoms with Crippen LogP contribution in [0.15, 0.2) is 57.2 Å². The molecule has 1 aromatic rings. The predicted octanol–water partition coefficient (Wildman–Crippen LogP) is 3.07. The van der Waals surface area contributed by atoms with E-state index in [2.05, 4.69) is 4.99 Å². The highest BCUT2D eigenvalue weighted by atomic mass is 32.2. The summed E-state index contributed by atoms with van der Waals surface area (Å²) in [5, 5.41) is 10.5. The van der Waals surface area contributed by atoms with Crippen molar-refractivity contribution in [3.8, 4) is 6.07 Å². The molecule has 1 aromatic carbocycles. The van der Waals surface area contributed by atoms with Gasteiger partial charge in [0, 0.05) is 23.9 Å². The summed E-state index contributed by atoms with van der Waals surface area (Å²) in [6, 6.07) is 11.8. The molecule has 0 radical (unpaired) electrons. The highest BCUT2D eigenvalue weighted by molar-refractivity contribution is 8.03. The van der Waals surface area contributed by atoms with Crippen LogP contribution in [-0.4, -0.2) is 36.1 Å². The lowest BCUT2D eigenvalue weighted by atomic mass is 10.0. The summed E-state index contributed by atoms with van der Waals surface area (Å²) in [7, 11) is 1.96. The van der Waals surface area contributed by atoms with Crippen LogP contribution in [0.5, 0.6) is 0 Å². The molecule has 122 valence electrons. The minimum atomic E-state index is -0.612. The van der Waals surface area contributed by atoms with Gasteiger partial charge in [0.2, 0.25) is 0 Å². The van der Waals surface area contributed by atoms with E-state index in [0.29, 0.717) is 5.70 Å². The lowest BCUT2D eigenvalue weighted by molar-refractivity contribution is -0.138. The quantitative estimate of drug-likeness (QED) is 0.481. The molecule has 0 saturated heterocycles. The lowest BCUT2D eigenvalue weighted by Gasteiger charge is -2.28. The molecule has 0 bridgehead atoms. The van der Waals surface area contributed by atoms with Crippen LogP contribution in [0.4, 0.5) is 0 Å².